The Bertz CT molecular complexity index is 216. The molecule has 0 spiro atoms. The Morgan fingerprint density at radius 1 is 1.35 bits per heavy atom. The molecule has 17 heavy (non-hydrogen) atoms. The van der Waals surface area contributed by atoms with Crippen molar-refractivity contribution >= 4 is 29.9 Å². The van der Waals surface area contributed by atoms with Gasteiger partial charge in [0.05, 0.1) is 6.61 Å². The van der Waals surface area contributed by atoms with Gasteiger partial charge in [-0.05, 0) is 24.7 Å². The van der Waals surface area contributed by atoms with Gasteiger partial charge in [0.25, 0.3) is 0 Å². The molecule has 0 aromatic rings. The fourth-order valence-electron chi connectivity index (χ4n) is 2.08. The van der Waals surface area contributed by atoms with Crippen LogP contribution in [0.15, 0.2) is 4.99 Å². The lowest BCUT2D eigenvalue weighted by atomic mass is 9.83. The fourth-order valence-corrected chi connectivity index (χ4v) is 2.08. The summed E-state index contributed by atoms with van der Waals surface area (Å²) in [5, 5.41) is 3.03. The minimum Gasteiger partial charge on any atom is -0.383 e. The topological polar surface area (TPSA) is 59.6 Å². The minimum absolute atomic E-state index is 0. The van der Waals surface area contributed by atoms with Crippen LogP contribution < -0.4 is 11.1 Å². The van der Waals surface area contributed by atoms with Crippen molar-refractivity contribution < 1.29 is 4.74 Å². The average molecular weight is 355 g/mol. The molecular formula is C12H26IN3O. The molecule has 1 aliphatic carbocycles. The Morgan fingerprint density at radius 3 is 2.59 bits per heavy atom. The van der Waals surface area contributed by atoms with Crippen molar-refractivity contribution in [2.45, 2.75) is 32.6 Å². The van der Waals surface area contributed by atoms with Crippen LogP contribution in [0.3, 0.4) is 0 Å². The quantitative estimate of drug-likeness (QED) is 0.343. The molecule has 1 aliphatic rings. The first kappa shape index (κ1) is 17.0. The first-order valence-corrected chi connectivity index (χ1v) is 6.25. The number of aliphatic imine (C=N–C) groups is 1. The predicted octanol–water partition coefficient (Wildman–Crippen LogP) is 1.98. The van der Waals surface area contributed by atoms with Crippen LogP contribution in [0.4, 0.5) is 0 Å². The number of methoxy groups -OCH3 is 1. The lowest BCUT2D eigenvalue weighted by Gasteiger charge is -2.24. The van der Waals surface area contributed by atoms with Crippen molar-refractivity contribution in [2.75, 3.05) is 26.8 Å². The molecule has 1 rings (SSSR count). The molecule has 3 N–H and O–H groups in total. The van der Waals surface area contributed by atoms with Gasteiger partial charge in [-0.15, -0.1) is 24.0 Å². The van der Waals surface area contributed by atoms with E-state index >= 15 is 0 Å². The van der Waals surface area contributed by atoms with Gasteiger partial charge in [0.1, 0.15) is 0 Å². The second kappa shape index (κ2) is 9.94. The summed E-state index contributed by atoms with van der Waals surface area (Å²) >= 11 is 0. The Balaban J connectivity index is 0.00000256. The molecule has 0 unspecified atom stereocenters. The summed E-state index contributed by atoms with van der Waals surface area (Å²) < 4.78 is 4.93. The van der Waals surface area contributed by atoms with Crippen LogP contribution in [0.5, 0.6) is 0 Å². The van der Waals surface area contributed by atoms with E-state index in [9.17, 15) is 0 Å². The van der Waals surface area contributed by atoms with Gasteiger partial charge in [-0.25, -0.2) is 0 Å². The molecule has 0 heterocycles. The maximum Gasteiger partial charge on any atom is 0.188 e. The highest BCUT2D eigenvalue weighted by Crippen LogP contribution is 2.28. The van der Waals surface area contributed by atoms with E-state index in [1.54, 1.807) is 7.11 Å². The molecule has 0 aromatic carbocycles. The largest absolute Gasteiger partial charge is 0.383 e. The van der Waals surface area contributed by atoms with Crippen LogP contribution >= 0.6 is 24.0 Å². The lowest BCUT2D eigenvalue weighted by molar-refractivity contribution is 0.204. The maximum atomic E-state index is 5.74. The average Bonchev–Trinajstić information content (AvgIpc) is 2.29. The third-order valence-electron chi connectivity index (χ3n) is 3.27. The molecule has 1 saturated carbocycles. The van der Waals surface area contributed by atoms with Crippen LogP contribution in [-0.2, 0) is 4.74 Å². The van der Waals surface area contributed by atoms with E-state index in [0.29, 0.717) is 12.6 Å². The molecular weight excluding hydrogens is 329 g/mol. The third-order valence-corrected chi connectivity index (χ3v) is 3.27. The zero-order chi connectivity index (χ0) is 11.8. The van der Waals surface area contributed by atoms with Crippen molar-refractivity contribution in [3.8, 4) is 0 Å². The van der Waals surface area contributed by atoms with Crippen LogP contribution in [0.25, 0.3) is 0 Å². The van der Waals surface area contributed by atoms with E-state index in [1.165, 1.54) is 25.7 Å². The number of nitrogens with one attached hydrogen (secondary N) is 1. The summed E-state index contributed by atoms with van der Waals surface area (Å²) in [5.74, 6) is 2.19. The van der Waals surface area contributed by atoms with Gasteiger partial charge < -0.3 is 15.8 Å². The molecule has 5 heteroatoms. The Hall–Kier alpha value is -0.0400. The van der Waals surface area contributed by atoms with Crippen molar-refractivity contribution in [3.63, 3.8) is 0 Å². The van der Waals surface area contributed by atoms with Gasteiger partial charge in [-0.2, -0.15) is 0 Å². The molecule has 102 valence electrons. The van der Waals surface area contributed by atoms with Crippen molar-refractivity contribution in [3.05, 3.63) is 0 Å². The first-order valence-electron chi connectivity index (χ1n) is 6.25. The van der Waals surface area contributed by atoms with Crippen molar-refractivity contribution in [2.24, 2.45) is 22.6 Å². The number of hydrogen-bond acceptors (Lipinski definition) is 2. The SMILES string of the molecule is COCCNC(N)=NCC1CCC(C)CC1.I. The molecule has 1 fully saturated rings. The molecule has 0 amide bonds. The van der Waals surface area contributed by atoms with Gasteiger partial charge in [0.2, 0.25) is 0 Å². The first-order chi connectivity index (χ1) is 7.72. The fraction of sp³-hybridized carbons (Fsp3) is 0.917. The van der Waals surface area contributed by atoms with Crippen molar-refractivity contribution in [1.82, 2.24) is 5.32 Å². The van der Waals surface area contributed by atoms with Crippen LogP contribution in [0, 0.1) is 11.8 Å². The highest BCUT2D eigenvalue weighted by Gasteiger charge is 2.17. The second-order valence-corrected chi connectivity index (χ2v) is 4.77. The maximum absolute atomic E-state index is 5.74. The normalized spacial score (nSPS) is 25.2. The second-order valence-electron chi connectivity index (χ2n) is 4.77. The smallest absolute Gasteiger partial charge is 0.188 e. The summed E-state index contributed by atoms with van der Waals surface area (Å²) in [7, 11) is 1.68. The molecule has 0 aromatic heterocycles. The number of rotatable bonds is 5. The number of nitrogens with zero attached hydrogens (tertiary/aromatic N) is 1. The Morgan fingerprint density at radius 2 is 2.00 bits per heavy atom. The summed E-state index contributed by atoms with van der Waals surface area (Å²) in [6, 6.07) is 0. The van der Waals surface area contributed by atoms with Gasteiger partial charge >= 0.3 is 0 Å². The predicted molar refractivity (Wildman–Crippen MR) is 82.9 cm³/mol. The lowest BCUT2D eigenvalue weighted by Crippen LogP contribution is -2.34. The van der Waals surface area contributed by atoms with Gasteiger partial charge in [-0.3, -0.25) is 4.99 Å². The molecule has 0 bridgehead atoms. The van der Waals surface area contributed by atoms with Gasteiger partial charge in [0.15, 0.2) is 5.96 Å². The Labute approximate surface area is 122 Å². The van der Waals surface area contributed by atoms with E-state index in [2.05, 4.69) is 17.2 Å². The highest BCUT2D eigenvalue weighted by molar-refractivity contribution is 14.0. The number of nitrogens with two attached hydrogens (primary N) is 1. The zero-order valence-electron chi connectivity index (χ0n) is 10.9. The molecule has 0 atom stereocenters. The third kappa shape index (κ3) is 7.81. The van der Waals surface area contributed by atoms with Gasteiger partial charge in [0, 0.05) is 20.2 Å². The summed E-state index contributed by atoms with van der Waals surface area (Å²) in [6.45, 7) is 4.60. The molecule has 4 nitrogen and oxygen atoms in total. The standard InChI is InChI=1S/C12H25N3O.HI/c1-10-3-5-11(6-4-10)9-15-12(13)14-7-8-16-2;/h10-11H,3-9H2,1-2H3,(H3,13,14,15);1H. The monoisotopic (exact) mass is 355 g/mol. The molecule has 0 aliphatic heterocycles. The number of ether oxygens (including phenoxy) is 1. The van der Waals surface area contributed by atoms with E-state index in [4.69, 9.17) is 10.5 Å². The summed E-state index contributed by atoms with van der Waals surface area (Å²) in [6.07, 6.45) is 5.29. The van der Waals surface area contributed by atoms with E-state index in [0.717, 1.165) is 24.9 Å². The van der Waals surface area contributed by atoms with Crippen LogP contribution in [0.1, 0.15) is 32.6 Å². The molecule has 0 saturated heterocycles. The molecule has 0 radical (unpaired) electrons. The number of hydrogen-bond donors (Lipinski definition) is 2. The highest BCUT2D eigenvalue weighted by atomic mass is 127. The summed E-state index contributed by atoms with van der Waals surface area (Å²) in [5.41, 5.74) is 5.74. The van der Waals surface area contributed by atoms with E-state index < -0.39 is 0 Å². The van der Waals surface area contributed by atoms with Gasteiger partial charge in [-0.1, -0.05) is 19.8 Å². The van der Waals surface area contributed by atoms with E-state index in [-0.39, 0.29) is 24.0 Å². The van der Waals surface area contributed by atoms with Crippen molar-refractivity contribution in [1.29, 1.82) is 0 Å². The number of guanidine groups is 1. The number of halogens is 1. The van der Waals surface area contributed by atoms with E-state index in [1.807, 2.05) is 0 Å². The Kier molecular flexibility index (Phi) is 9.91. The summed E-state index contributed by atoms with van der Waals surface area (Å²) in [4.78, 5) is 4.37. The zero-order valence-corrected chi connectivity index (χ0v) is 13.3. The van der Waals surface area contributed by atoms with Crippen LogP contribution in [0.2, 0.25) is 0 Å². The minimum atomic E-state index is 0. The van der Waals surface area contributed by atoms with Crippen LogP contribution in [-0.4, -0.2) is 32.8 Å².